The maximum absolute atomic E-state index is 11.9. The lowest BCUT2D eigenvalue weighted by Crippen LogP contribution is -2.21. The first kappa shape index (κ1) is 15.2. The number of hydrogen-bond acceptors (Lipinski definition) is 3. The number of nitrogens with one attached hydrogen (secondary N) is 2. The van der Waals surface area contributed by atoms with Crippen LogP contribution in [0.15, 0.2) is 36.5 Å². The quantitative estimate of drug-likeness (QED) is 0.693. The first-order valence-corrected chi connectivity index (χ1v) is 7.07. The van der Waals surface area contributed by atoms with E-state index in [1.54, 1.807) is 37.4 Å². The van der Waals surface area contributed by atoms with E-state index >= 15 is 0 Å². The third-order valence-corrected chi connectivity index (χ3v) is 3.39. The Morgan fingerprint density at radius 1 is 1.19 bits per heavy atom. The van der Waals surface area contributed by atoms with Crippen LogP contribution in [0.1, 0.15) is 16.1 Å². The molecule has 0 aliphatic heterocycles. The maximum atomic E-state index is 11.9. The largest absolute Gasteiger partial charge is 0.478 e. The summed E-state index contributed by atoms with van der Waals surface area (Å²) in [5, 5.41) is 14.3. The van der Waals surface area contributed by atoms with Crippen molar-refractivity contribution in [1.29, 1.82) is 0 Å². The molecule has 0 saturated carbocycles. The lowest BCUT2D eigenvalue weighted by molar-refractivity contribution is 0.0698. The molecule has 0 bridgehead atoms. The summed E-state index contributed by atoms with van der Waals surface area (Å²) in [6.07, 6.45) is 1.63. The average molecular weight is 397 g/mol. The third kappa shape index (κ3) is 3.91. The van der Waals surface area contributed by atoms with E-state index in [9.17, 15) is 9.59 Å². The molecule has 2 amide bonds. The normalized spacial score (nSPS) is 10.0. The molecule has 1 aromatic carbocycles. The summed E-state index contributed by atoms with van der Waals surface area (Å²) in [6, 6.07) is 7.67. The van der Waals surface area contributed by atoms with Crippen LogP contribution in [0.25, 0.3) is 0 Å². The summed E-state index contributed by atoms with van der Waals surface area (Å²) in [4.78, 5) is 27.2. The molecule has 0 saturated heterocycles. The molecule has 1 heterocycles. The van der Waals surface area contributed by atoms with Gasteiger partial charge < -0.3 is 15.7 Å². The molecule has 108 valence electrons. The molecule has 0 unspecified atom stereocenters. The summed E-state index contributed by atoms with van der Waals surface area (Å²) in [6.45, 7) is 1.77. The van der Waals surface area contributed by atoms with Crippen LogP contribution in [-0.2, 0) is 0 Å². The number of halogens is 1. The predicted molar refractivity (Wildman–Crippen MR) is 87.7 cm³/mol. The van der Waals surface area contributed by atoms with E-state index < -0.39 is 12.0 Å². The van der Waals surface area contributed by atoms with E-state index in [4.69, 9.17) is 5.11 Å². The number of benzene rings is 1. The lowest BCUT2D eigenvalue weighted by Gasteiger charge is -2.11. The topological polar surface area (TPSA) is 91.3 Å². The molecule has 0 aliphatic rings. The standard InChI is InChI=1S/C14H12IN3O3/c1-8-11(3-2-6-16-8)17-14(21)18-12-5-4-9(15)7-10(12)13(19)20/h2-7H,1H3,(H,19,20)(H2,17,18,21). The van der Waals surface area contributed by atoms with Crippen molar-refractivity contribution < 1.29 is 14.7 Å². The second-order valence-electron chi connectivity index (χ2n) is 4.21. The highest BCUT2D eigenvalue weighted by molar-refractivity contribution is 14.1. The highest BCUT2D eigenvalue weighted by Gasteiger charge is 2.13. The zero-order valence-corrected chi connectivity index (χ0v) is 13.2. The first-order chi connectivity index (χ1) is 9.97. The summed E-state index contributed by atoms with van der Waals surface area (Å²) >= 11 is 2.01. The number of aromatic carboxylic acids is 1. The SMILES string of the molecule is Cc1ncccc1NC(=O)Nc1ccc(I)cc1C(=O)O. The molecule has 7 heteroatoms. The fourth-order valence-corrected chi connectivity index (χ4v) is 2.19. The van der Waals surface area contributed by atoms with Gasteiger partial charge in [-0.15, -0.1) is 0 Å². The molecular weight excluding hydrogens is 385 g/mol. The number of aromatic nitrogens is 1. The highest BCUT2D eigenvalue weighted by Crippen LogP contribution is 2.19. The van der Waals surface area contributed by atoms with E-state index in [-0.39, 0.29) is 11.3 Å². The molecular formula is C14H12IN3O3. The van der Waals surface area contributed by atoms with Gasteiger partial charge in [0.25, 0.3) is 0 Å². The van der Waals surface area contributed by atoms with Crippen molar-refractivity contribution >= 4 is 46.0 Å². The summed E-state index contributed by atoms with van der Waals surface area (Å²) < 4.78 is 0.777. The Hall–Kier alpha value is -2.16. The van der Waals surface area contributed by atoms with E-state index in [2.05, 4.69) is 15.6 Å². The van der Waals surface area contributed by atoms with Gasteiger partial charge in [0, 0.05) is 9.77 Å². The molecule has 0 atom stereocenters. The van der Waals surface area contributed by atoms with E-state index in [0.717, 1.165) is 3.57 Å². The molecule has 2 rings (SSSR count). The Labute approximate surface area is 134 Å². The number of carbonyl (C=O) groups excluding carboxylic acids is 1. The Balaban J connectivity index is 2.17. The van der Waals surface area contributed by atoms with Crippen LogP contribution in [0.4, 0.5) is 16.2 Å². The summed E-state index contributed by atoms with van der Waals surface area (Å²) in [5.41, 5.74) is 1.52. The number of carboxylic acid groups (broad SMARTS) is 1. The maximum Gasteiger partial charge on any atom is 0.337 e. The summed E-state index contributed by atoms with van der Waals surface area (Å²) in [5.74, 6) is -1.10. The van der Waals surface area contributed by atoms with Gasteiger partial charge in [0.1, 0.15) is 0 Å². The fourth-order valence-electron chi connectivity index (χ4n) is 1.69. The van der Waals surface area contributed by atoms with Gasteiger partial charge in [-0.3, -0.25) is 4.98 Å². The molecule has 21 heavy (non-hydrogen) atoms. The van der Waals surface area contributed by atoms with Crippen LogP contribution < -0.4 is 10.6 Å². The number of aryl methyl sites for hydroxylation is 1. The number of urea groups is 1. The predicted octanol–water partition coefficient (Wildman–Crippen LogP) is 3.34. The molecule has 3 N–H and O–H groups in total. The van der Waals surface area contributed by atoms with E-state index in [1.807, 2.05) is 22.6 Å². The van der Waals surface area contributed by atoms with Gasteiger partial charge in [0.2, 0.25) is 0 Å². The number of carbonyl (C=O) groups is 2. The van der Waals surface area contributed by atoms with E-state index in [0.29, 0.717) is 11.4 Å². The van der Waals surface area contributed by atoms with Crippen LogP contribution in [-0.4, -0.2) is 22.1 Å². The Kier molecular flexibility index (Phi) is 4.73. The van der Waals surface area contributed by atoms with Gasteiger partial charge in [-0.05, 0) is 59.8 Å². The van der Waals surface area contributed by atoms with Crippen LogP contribution in [0.3, 0.4) is 0 Å². The van der Waals surface area contributed by atoms with Crippen molar-refractivity contribution in [3.05, 3.63) is 51.4 Å². The number of pyridine rings is 1. The smallest absolute Gasteiger partial charge is 0.337 e. The average Bonchev–Trinajstić information content (AvgIpc) is 2.43. The summed E-state index contributed by atoms with van der Waals surface area (Å²) in [7, 11) is 0. The van der Waals surface area contributed by atoms with Crippen LogP contribution in [0, 0.1) is 10.5 Å². The van der Waals surface area contributed by atoms with Crippen LogP contribution in [0.2, 0.25) is 0 Å². The lowest BCUT2D eigenvalue weighted by atomic mass is 10.2. The second-order valence-corrected chi connectivity index (χ2v) is 5.46. The van der Waals surface area contributed by atoms with Gasteiger partial charge in [-0.2, -0.15) is 0 Å². The fraction of sp³-hybridized carbons (Fsp3) is 0.0714. The van der Waals surface area contributed by atoms with Gasteiger partial charge in [-0.25, -0.2) is 9.59 Å². The van der Waals surface area contributed by atoms with Crippen molar-refractivity contribution in [3.8, 4) is 0 Å². The van der Waals surface area contributed by atoms with Gasteiger partial charge >= 0.3 is 12.0 Å². The molecule has 2 aromatic rings. The zero-order valence-electron chi connectivity index (χ0n) is 11.1. The van der Waals surface area contributed by atoms with Crippen molar-refractivity contribution in [1.82, 2.24) is 4.98 Å². The minimum absolute atomic E-state index is 0.0416. The van der Waals surface area contributed by atoms with Crippen molar-refractivity contribution in [3.63, 3.8) is 0 Å². The van der Waals surface area contributed by atoms with Gasteiger partial charge in [-0.1, -0.05) is 0 Å². The minimum atomic E-state index is -1.10. The molecule has 0 radical (unpaired) electrons. The first-order valence-electron chi connectivity index (χ1n) is 6.00. The molecule has 0 spiro atoms. The van der Waals surface area contributed by atoms with Gasteiger partial charge in [0.15, 0.2) is 0 Å². The Bertz CT molecular complexity index is 704. The second kappa shape index (κ2) is 6.53. The number of rotatable bonds is 3. The van der Waals surface area contributed by atoms with Crippen LogP contribution in [0.5, 0.6) is 0 Å². The molecule has 1 aromatic heterocycles. The van der Waals surface area contributed by atoms with Crippen molar-refractivity contribution in [2.24, 2.45) is 0 Å². The van der Waals surface area contributed by atoms with Crippen LogP contribution >= 0.6 is 22.6 Å². The number of hydrogen-bond donors (Lipinski definition) is 3. The monoisotopic (exact) mass is 397 g/mol. The minimum Gasteiger partial charge on any atom is -0.478 e. The number of anilines is 2. The van der Waals surface area contributed by atoms with E-state index in [1.165, 1.54) is 6.07 Å². The third-order valence-electron chi connectivity index (χ3n) is 2.72. The number of amides is 2. The Morgan fingerprint density at radius 3 is 2.57 bits per heavy atom. The molecule has 0 aliphatic carbocycles. The number of carboxylic acids is 1. The Morgan fingerprint density at radius 2 is 1.90 bits per heavy atom. The van der Waals surface area contributed by atoms with Gasteiger partial charge in [0.05, 0.1) is 22.6 Å². The number of nitrogens with zero attached hydrogens (tertiary/aromatic N) is 1. The molecule has 0 fully saturated rings. The molecule has 6 nitrogen and oxygen atoms in total. The zero-order chi connectivity index (χ0) is 15.4. The highest BCUT2D eigenvalue weighted by atomic mass is 127. The van der Waals surface area contributed by atoms with Crippen molar-refractivity contribution in [2.75, 3.05) is 10.6 Å². The van der Waals surface area contributed by atoms with Crippen molar-refractivity contribution in [2.45, 2.75) is 6.92 Å².